The number of nitrogens with one attached hydrogen (secondary N) is 1. The fourth-order valence-electron chi connectivity index (χ4n) is 2.97. The number of aromatic nitrogens is 2. The van der Waals surface area contributed by atoms with Gasteiger partial charge in [-0.15, -0.1) is 0 Å². The van der Waals surface area contributed by atoms with Gasteiger partial charge >= 0.3 is 0 Å². The van der Waals surface area contributed by atoms with Gasteiger partial charge in [-0.2, -0.15) is 0 Å². The summed E-state index contributed by atoms with van der Waals surface area (Å²) in [6.45, 7) is 0.935. The Morgan fingerprint density at radius 3 is 3.16 bits per heavy atom. The summed E-state index contributed by atoms with van der Waals surface area (Å²) in [7, 11) is 2.08. The molecule has 1 aliphatic heterocycles. The number of aryl methyl sites for hydroxylation is 1. The molecule has 94 valence electrons. The molecule has 1 aromatic carbocycles. The summed E-state index contributed by atoms with van der Waals surface area (Å²) in [5.74, 6) is 1.44. The lowest BCUT2D eigenvalue weighted by molar-refractivity contribution is 0.908. The lowest BCUT2D eigenvalue weighted by atomic mass is 9.93. The molecule has 3 nitrogen and oxygen atoms in total. The largest absolute Gasteiger partial charge is 0.369 e. The van der Waals surface area contributed by atoms with Crippen LogP contribution in [0.25, 0.3) is 10.9 Å². The van der Waals surface area contributed by atoms with E-state index >= 15 is 0 Å². The normalized spacial score (nSPS) is 17.4. The van der Waals surface area contributed by atoms with Gasteiger partial charge in [0.15, 0.2) is 0 Å². The second kappa shape index (κ2) is 3.85. The van der Waals surface area contributed by atoms with E-state index in [4.69, 9.17) is 0 Å². The highest BCUT2D eigenvalue weighted by molar-refractivity contribution is 5.81. The fraction of sp³-hybridized carbons (Fsp3) is 0.188. The Bertz CT molecular complexity index is 758. The Morgan fingerprint density at radius 1 is 1.26 bits per heavy atom. The van der Waals surface area contributed by atoms with Crippen molar-refractivity contribution in [2.24, 2.45) is 7.05 Å². The molecule has 1 atom stereocenters. The predicted molar refractivity (Wildman–Crippen MR) is 77.5 cm³/mol. The van der Waals surface area contributed by atoms with Gasteiger partial charge in [0.1, 0.15) is 5.82 Å². The number of hydrogen-bond acceptors (Lipinski definition) is 2. The van der Waals surface area contributed by atoms with Gasteiger partial charge in [0.05, 0.1) is 0 Å². The summed E-state index contributed by atoms with van der Waals surface area (Å²) in [5.41, 5.74) is 3.94. The molecule has 0 aliphatic carbocycles. The van der Waals surface area contributed by atoms with Gasteiger partial charge in [0.25, 0.3) is 0 Å². The number of nitrogens with zero attached hydrogens (tertiary/aromatic N) is 2. The molecule has 3 heterocycles. The Balaban J connectivity index is 1.83. The first-order valence-corrected chi connectivity index (χ1v) is 6.57. The van der Waals surface area contributed by atoms with Crippen molar-refractivity contribution in [3.63, 3.8) is 0 Å². The number of pyridine rings is 1. The van der Waals surface area contributed by atoms with Crippen LogP contribution in [-0.2, 0) is 7.05 Å². The maximum Gasteiger partial charge on any atom is 0.129 e. The van der Waals surface area contributed by atoms with Gasteiger partial charge < -0.3 is 9.88 Å². The van der Waals surface area contributed by atoms with E-state index in [-0.39, 0.29) is 0 Å². The second-order valence-electron chi connectivity index (χ2n) is 5.12. The topological polar surface area (TPSA) is 29.9 Å². The molecule has 1 aliphatic rings. The van der Waals surface area contributed by atoms with Gasteiger partial charge in [-0.05, 0) is 35.2 Å². The Morgan fingerprint density at radius 2 is 2.21 bits per heavy atom. The van der Waals surface area contributed by atoms with Gasteiger partial charge in [0, 0.05) is 43.0 Å². The summed E-state index contributed by atoms with van der Waals surface area (Å²) >= 11 is 0. The molecule has 3 heteroatoms. The van der Waals surface area contributed by atoms with Crippen LogP contribution in [-0.4, -0.2) is 16.1 Å². The van der Waals surface area contributed by atoms with E-state index in [9.17, 15) is 0 Å². The summed E-state index contributed by atoms with van der Waals surface area (Å²) in [6.07, 6.45) is 3.95. The maximum absolute atomic E-state index is 4.39. The van der Waals surface area contributed by atoms with E-state index in [1.54, 1.807) is 0 Å². The van der Waals surface area contributed by atoms with Crippen LogP contribution in [0, 0.1) is 0 Å². The third-order valence-corrected chi connectivity index (χ3v) is 4.00. The van der Waals surface area contributed by atoms with Crippen LogP contribution in [0.2, 0.25) is 0 Å². The van der Waals surface area contributed by atoms with Crippen molar-refractivity contribution in [2.75, 3.05) is 11.9 Å². The first-order valence-electron chi connectivity index (χ1n) is 6.57. The average molecular weight is 249 g/mol. The molecule has 0 bridgehead atoms. The Hall–Kier alpha value is -2.29. The van der Waals surface area contributed by atoms with E-state index in [1.807, 2.05) is 12.3 Å². The highest BCUT2D eigenvalue weighted by Crippen LogP contribution is 2.35. The highest BCUT2D eigenvalue weighted by Gasteiger charge is 2.24. The molecular weight excluding hydrogens is 234 g/mol. The number of fused-ring (bicyclic) bond motifs is 2. The monoisotopic (exact) mass is 249 g/mol. The molecule has 4 rings (SSSR count). The summed E-state index contributed by atoms with van der Waals surface area (Å²) in [5, 5.41) is 4.69. The Labute approximate surface area is 111 Å². The van der Waals surface area contributed by atoms with Crippen molar-refractivity contribution in [3.8, 4) is 0 Å². The lowest BCUT2D eigenvalue weighted by Gasteiger charge is -2.10. The van der Waals surface area contributed by atoms with E-state index in [2.05, 4.69) is 58.4 Å². The van der Waals surface area contributed by atoms with Crippen LogP contribution >= 0.6 is 0 Å². The van der Waals surface area contributed by atoms with Crippen LogP contribution < -0.4 is 5.32 Å². The minimum atomic E-state index is 0.410. The number of hydrogen-bond donors (Lipinski definition) is 1. The molecular formula is C16H15N3. The summed E-state index contributed by atoms with van der Waals surface area (Å²) < 4.78 is 2.15. The number of benzene rings is 1. The zero-order valence-electron chi connectivity index (χ0n) is 10.8. The van der Waals surface area contributed by atoms with Crippen molar-refractivity contribution in [1.82, 2.24) is 9.55 Å². The van der Waals surface area contributed by atoms with Crippen LogP contribution in [0.15, 0.2) is 48.8 Å². The fourth-order valence-corrected chi connectivity index (χ4v) is 2.97. The third-order valence-electron chi connectivity index (χ3n) is 4.00. The Kier molecular flexibility index (Phi) is 2.15. The first kappa shape index (κ1) is 10.6. The van der Waals surface area contributed by atoms with Crippen molar-refractivity contribution < 1.29 is 0 Å². The molecule has 3 aromatic rings. The molecule has 1 N–H and O–H groups in total. The standard InChI is InChI=1S/C16H15N3/c1-19-8-6-12-9-11(4-5-15(12)19)14-10-18-16-13(14)3-2-7-17-16/h2-9,14H,10H2,1H3,(H,17,18). The SMILES string of the molecule is Cn1ccc2cc(C3CNc4ncccc43)ccc21. The molecule has 19 heavy (non-hydrogen) atoms. The van der Waals surface area contributed by atoms with Crippen LogP contribution in [0.4, 0.5) is 5.82 Å². The van der Waals surface area contributed by atoms with Crippen molar-refractivity contribution in [3.05, 3.63) is 59.9 Å². The maximum atomic E-state index is 4.39. The van der Waals surface area contributed by atoms with Crippen LogP contribution in [0.1, 0.15) is 17.0 Å². The first-order chi connectivity index (χ1) is 9.33. The predicted octanol–water partition coefficient (Wildman–Crippen LogP) is 3.13. The zero-order chi connectivity index (χ0) is 12.8. The van der Waals surface area contributed by atoms with E-state index in [0.29, 0.717) is 5.92 Å². The molecule has 0 spiro atoms. The molecule has 0 radical (unpaired) electrons. The van der Waals surface area contributed by atoms with Gasteiger partial charge in [-0.1, -0.05) is 12.1 Å². The molecule has 1 unspecified atom stereocenters. The summed E-state index contributed by atoms with van der Waals surface area (Å²) in [6, 6.07) is 13.1. The van der Waals surface area contributed by atoms with Gasteiger partial charge in [-0.25, -0.2) is 4.98 Å². The molecule has 0 saturated heterocycles. The smallest absolute Gasteiger partial charge is 0.129 e. The van der Waals surface area contributed by atoms with E-state index in [0.717, 1.165) is 12.4 Å². The average Bonchev–Trinajstić information content (AvgIpc) is 3.03. The lowest BCUT2D eigenvalue weighted by Crippen LogP contribution is -2.03. The molecule has 0 saturated carbocycles. The van der Waals surface area contributed by atoms with Crippen LogP contribution in [0.3, 0.4) is 0 Å². The quantitative estimate of drug-likeness (QED) is 0.718. The van der Waals surface area contributed by atoms with E-state index < -0.39 is 0 Å². The molecule has 0 fully saturated rings. The van der Waals surface area contributed by atoms with Crippen molar-refractivity contribution in [1.29, 1.82) is 0 Å². The van der Waals surface area contributed by atoms with Crippen molar-refractivity contribution in [2.45, 2.75) is 5.92 Å². The zero-order valence-corrected chi connectivity index (χ0v) is 10.8. The number of rotatable bonds is 1. The highest BCUT2D eigenvalue weighted by atomic mass is 15.0. The minimum absolute atomic E-state index is 0.410. The molecule has 2 aromatic heterocycles. The van der Waals surface area contributed by atoms with Gasteiger partial charge in [-0.3, -0.25) is 0 Å². The minimum Gasteiger partial charge on any atom is -0.369 e. The van der Waals surface area contributed by atoms with Crippen molar-refractivity contribution >= 4 is 16.7 Å². The number of anilines is 1. The van der Waals surface area contributed by atoms with E-state index in [1.165, 1.54) is 22.0 Å². The molecule has 0 amide bonds. The summed E-state index contributed by atoms with van der Waals surface area (Å²) in [4.78, 5) is 4.39. The second-order valence-corrected chi connectivity index (χ2v) is 5.12. The van der Waals surface area contributed by atoms with Crippen LogP contribution in [0.5, 0.6) is 0 Å². The third kappa shape index (κ3) is 1.55. The van der Waals surface area contributed by atoms with Gasteiger partial charge in [0.2, 0.25) is 0 Å².